The lowest BCUT2D eigenvalue weighted by atomic mass is 9.89. The number of piperidine rings is 1. The van der Waals surface area contributed by atoms with E-state index in [1.807, 2.05) is 0 Å². The van der Waals surface area contributed by atoms with Crippen molar-refractivity contribution < 1.29 is 18.0 Å². The van der Waals surface area contributed by atoms with Gasteiger partial charge in [0, 0.05) is 24.2 Å². The highest BCUT2D eigenvalue weighted by Gasteiger charge is 2.34. The topological polar surface area (TPSA) is 41.1 Å². The molecular formula is C17H21F3N2O. The second kappa shape index (κ2) is 6.51. The first-order valence-electron chi connectivity index (χ1n) is 8.09. The van der Waals surface area contributed by atoms with Gasteiger partial charge in [-0.25, -0.2) is 0 Å². The second-order valence-electron chi connectivity index (χ2n) is 6.68. The summed E-state index contributed by atoms with van der Waals surface area (Å²) in [6, 6.07) is 7.15. The first-order valence-corrected chi connectivity index (χ1v) is 8.09. The van der Waals surface area contributed by atoms with Crippen LogP contribution in [0.2, 0.25) is 0 Å². The van der Waals surface area contributed by atoms with Crippen LogP contribution < -0.4 is 10.6 Å². The van der Waals surface area contributed by atoms with Crippen LogP contribution in [0.15, 0.2) is 24.3 Å². The minimum absolute atomic E-state index is 0.110. The highest BCUT2D eigenvalue weighted by molar-refractivity contribution is 5.91. The zero-order chi connectivity index (χ0) is 16.4. The van der Waals surface area contributed by atoms with Crippen molar-refractivity contribution in [2.75, 3.05) is 5.32 Å². The van der Waals surface area contributed by atoms with Gasteiger partial charge < -0.3 is 10.6 Å². The Balaban J connectivity index is 1.59. The van der Waals surface area contributed by atoms with E-state index in [1.165, 1.54) is 12.1 Å². The largest absolute Gasteiger partial charge is 0.393 e. The number of benzene rings is 1. The fourth-order valence-corrected chi connectivity index (χ4v) is 3.82. The maximum atomic E-state index is 12.6. The van der Waals surface area contributed by atoms with Gasteiger partial charge in [0.2, 0.25) is 5.91 Å². The van der Waals surface area contributed by atoms with Gasteiger partial charge in [-0.1, -0.05) is 18.2 Å². The molecule has 0 aromatic heterocycles. The molecule has 3 nitrogen and oxygen atoms in total. The lowest BCUT2D eigenvalue weighted by Crippen LogP contribution is -2.39. The van der Waals surface area contributed by atoms with Crippen molar-refractivity contribution >= 4 is 11.6 Å². The van der Waals surface area contributed by atoms with Crippen LogP contribution in [0.5, 0.6) is 0 Å². The fourth-order valence-electron chi connectivity index (χ4n) is 3.82. The number of anilines is 1. The van der Waals surface area contributed by atoms with E-state index in [4.69, 9.17) is 0 Å². The summed E-state index contributed by atoms with van der Waals surface area (Å²) in [4.78, 5) is 12.2. The summed E-state index contributed by atoms with van der Waals surface area (Å²) in [5.74, 6) is 0.134. The Bertz CT molecular complexity index is 561. The standard InChI is InChI=1S/C17H21F3N2O/c18-17(19,20)10-12-3-1-2-4-15(12)22-16(23)9-11-7-13-5-6-14(8-11)21-13/h1-4,11,13-14,21H,5-10H2,(H,22,23). The van der Waals surface area contributed by atoms with E-state index in [1.54, 1.807) is 12.1 Å². The van der Waals surface area contributed by atoms with Gasteiger partial charge >= 0.3 is 6.18 Å². The molecule has 0 aliphatic carbocycles. The molecule has 2 aliphatic heterocycles. The molecule has 2 bridgehead atoms. The van der Waals surface area contributed by atoms with Crippen molar-refractivity contribution in [3.05, 3.63) is 29.8 Å². The molecule has 2 fully saturated rings. The van der Waals surface area contributed by atoms with E-state index < -0.39 is 12.6 Å². The van der Waals surface area contributed by atoms with Gasteiger partial charge in [0.1, 0.15) is 0 Å². The average Bonchev–Trinajstić information content (AvgIpc) is 2.78. The van der Waals surface area contributed by atoms with Gasteiger partial charge in [0.15, 0.2) is 0 Å². The van der Waals surface area contributed by atoms with Gasteiger partial charge in [-0.15, -0.1) is 0 Å². The number of amides is 1. The minimum Gasteiger partial charge on any atom is -0.326 e. The van der Waals surface area contributed by atoms with Crippen LogP contribution in [-0.4, -0.2) is 24.2 Å². The van der Waals surface area contributed by atoms with Crippen molar-refractivity contribution in [1.82, 2.24) is 5.32 Å². The second-order valence-corrected chi connectivity index (χ2v) is 6.68. The first-order chi connectivity index (χ1) is 10.9. The molecule has 2 N–H and O–H groups in total. The molecule has 1 aromatic carbocycles. The number of fused-ring (bicyclic) bond motifs is 2. The van der Waals surface area contributed by atoms with E-state index in [-0.39, 0.29) is 17.2 Å². The molecule has 2 atom stereocenters. The lowest BCUT2D eigenvalue weighted by molar-refractivity contribution is -0.127. The Hall–Kier alpha value is -1.56. The molecule has 2 aliphatic rings. The third-order valence-electron chi connectivity index (χ3n) is 4.73. The molecule has 6 heteroatoms. The molecule has 0 radical (unpaired) electrons. The maximum absolute atomic E-state index is 12.6. The van der Waals surface area contributed by atoms with Crippen LogP contribution in [0.4, 0.5) is 18.9 Å². The number of hydrogen-bond acceptors (Lipinski definition) is 2. The summed E-state index contributed by atoms with van der Waals surface area (Å²) in [7, 11) is 0. The van der Waals surface area contributed by atoms with Crippen molar-refractivity contribution in [1.29, 1.82) is 0 Å². The highest BCUT2D eigenvalue weighted by Crippen LogP contribution is 2.33. The smallest absolute Gasteiger partial charge is 0.326 e. The third-order valence-corrected chi connectivity index (χ3v) is 4.73. The number of nitrogens with one attached hydrogen (secondary N) is 2. The van der Waals surface area contributed by atoms with Gasteiger partial charge in [-0.2, -0.15) is 13.2 Å². The van der Waals surface area contributed by atoms with E-state index in [0.717, 1.165) is 25.7 Å². The molecule has 1 amide bonds. The van der Waals surface area contributed by atoms with Crippen LogP contribution in [0.1, 0.15) is 37.7 Å². The minimum atomic E-state index is -4.28. The lowest BCUT2D eigenvalue weighted by Gasteiger charge is -2.28. The number of hydrogen-bond donors (Lipinski definition) is 2. The number of alkyl halides is 3. The number of carbonyl (C=O) groups is 1. The van der Waals surface area contributed by atoms with Crippen molar-refractivity contribution in [3.63, 3.8) is 0 Å². The Kier molecular flexibility index (Phi) is 4.62. The number of carbonyl (C=O) groups excluding carboxylic acids is 1. The summed E-state index contributed by atoms with van der Waals surface area (Å²) in [5.41, 5.74) is 0.380. The van der Waals surface area contributed by atoms with Gasteiger partial charge in [-0.3, -0.25) is 4.79 Å². The molecule has 2 saturated heterocycles. The van der Waals surface area contributed by atoms with E-state index in [9.17, 15) is 18.0 Å². The summed E-state index contributed by atoms with van der Waals surface area (Å²) in [5, 5.41) is 6.19. The average molecular weight is 326 g/mol. The predicted molar refractivity (Wildman–Crippen MR) is 82.1 cm³/mol. The normalized spacial score (nSPS) is 27.0. The summed E-state index contributed by atoms with van der Waals surface area (Å²) in [6.07, 6.45) is -0.637. The Labute approximate surface area is 133 Å². The molecule has 2 unspecified atom stereocenters. The van der Waals surface area contributed by atoms with Crippen LogP contribution in [0.3, 0.4) is 0 Å². The zero-order valence-electron chi connectivity index (χ0n) is 12.8. The van der Waals surface area contributed by atoms with Gasteiger partial charge in [0.25, 0.3) is 0 Å². The molecule has 126 valence electrons. The Morgan fingerprint density at radius 1 is 1.17 bits per heavy atom. The number of halogens is 3. The zero-order valence-corrected chi connectivity index (χ0v) is 12.8. The third kappa shape index (κ3) is 4.47. The first kappa shape index (κ1) is 16.3. The monoisotopic (exact) mass is 326 g/mol. The van der Waals surface area contributed by atoms with Crippen molar-refractivity contribution in [3.8, 4) is 0 Å². The van der Waals surface area contributed by atoms with Crippen molar-refractivity contribution in [2.24, 2.45) is 5.92 Å². The molecule has 0 saturated carbocycles. The SMILES string of the molecule is O=C(CC1CC2CCC(C1)N2)Nc1ccccc1CC(F)(F)F. The van der Waals surface area contributed by atoms with Crippen LogP contribution in [-0.2, 0) is 11.2 Å². The molecule has 3 rings (SSSR count). The molecule has 23 heavy (non-hydrogen) atoms. The van der Waals surface area contributed by atoms with Gasteiger partial charge in [0.05, 0.1) is 6.42 Å². The maximum Gasteiger partial charge on any atom is 0.393 e. The van der Waals surface area contributed by atoms with Crippen molar-refractivity contribution in [2.45, 2.75) is 56.8 Å². The molecule has 2 heterocycles. The Morgan fingerprint density at radius 2 is 1.83 bits per heavy atom. The molecule has 0 spiro atoms. The predicted octanol–water partition coefficient (Wildman–Crippen LogP) is 3.65. The fraction of sp³-hybridized carbons (Fsp3) is 0.588. The highest BCUT2D eigenvalue weighted by atomic mass is 19.4. The van der Waals surface area contributed by atoms with E-state index in [2.05, 4.69) is 10.6 Å². The number of rotatable bonds is 4. The molecule has 1 aromatic rings. The number of para-hydroxylation sites is 1. The van der Waals surface area contributed by atoms with E-state index in [0.29, 0.717) is 24.4 Å². The quantitative estimate of drug-likeness (QED) is 0.887. The summed E-state index contributed by atoms with van der Waals surface area (Å²) in [6.45, 7) is 0. The van der Waals surface area contributed by atoms with Crippen LogP contribution in [0.25, 0.3) is 0 Å². The summed E-state index contributed by atoms with van der Waals surface area (Å²) < 4.78 is 37.8. The summed E-state index contributed by atoms with van der Waals surface area (Å²) >= 11 is 0. The van der Waals surface area contributed by atoms with Crippen LogP contribution >= 0.6 is 0 Å². The van der Waals surface area contributed by atoms with Gasteiger partial charge in [-0.05, 0) is 43.2 Å². The van der Waals surface area contributed by atoms with Crippen LogP contribution in [0, 0.1) is 5.92 Å². The molecular weight excluding hydrogens is 305 g/mol. The Morgan fingerprint density at radius 3 is 2.48 bits per heavy atom. The van der Waals surface area contributed by atoms with E-state index >= 15 is 0 Å².